The van der Waals surface area contributed by atoms with Crippen LogP contribution in [0.5, 0.6) is 5.75 Å². The fraction of sp³-hybridized carbons (Fsp3) is 0.318. The molecule has 2 aromatic rings. The number of amides is 2. The second-order valence-corrected chi connectivity index (χ2v) is 7.29. The Bertz CT molecular complexity index is 921. The number of nitrogens with one attached hydrogen (secondary N) is 1. The van der Waals surface area contributed by atoms with Crippen LogP contribution in [0.2, 0.25) is 0 Å². The molecule has 6 nitrogen and oxygen atoms in total. The van der Waals surface area contributed by atoms with Crippen LogP contribution < -0.4 is 15.0 Å². The number of fused-ring (bicyclic) bond motifs is 1. The fourth-order valence-electron chi connectivity index (χ4n) is 3.30. The van der Waals surface area contributed by atoms with E-state index in [0.717, 1.165) is 11.3 Å². The quantitative estimate of drug-likeness (QED) is 0.632. The highest BCUT2D eigenvalue weighted by Crippen LogP contribution is 2.31. The number of ether oxygens (including phenoxy) is 1. The molecule has 1 N–H and O–H groups in total. The van der Waals surface area contributed by atoms with E-state index in [9.17, 15) is 14.4 Å². The average molecular weight is 380 g/mol. The van der Waals surface area contributed by atoms with Crippen LogP contribution in [-0.4, -0.2) is 24.3 Å². The van der Waals surface area contributed by atoms with Crippen molar-refractivity contribution in [2.45, 2.75) is 33.6 Å². The first-order valence-electron chi connectivity index (χ1n) is 9.37. The zero-order valence-corrected chi connectivity index (χ0v) is 16.3. The molecule has 0 atom stereocenters. The van der Waals surface area contributed by atoms with E-state index in [2.05, 4.69) is 19.2 Å². The van der Waals surface area contributed by atoms with Crippen molar-refractivity contribution in [1.29, 1.82) is 0 Å². The molecule has 2 amide bonds. The Morgan fingerprint density at radius 3 is 2.61 bits per heavy atom. The molecule has 0 radical (unpaired) electrons. The van der Waals surface area contributed by atoms with Crippen LogP contribution >= 0.6 is 0 Å². The molecule has 2 aromatic carbocycles. The molecule has 0 aliphatic carbocycles. The number of hydrogen-bond acceptors (Lipinski definition) is 4. The van der Waals surface area contributed by atoms with E-state index < -0.39 is 5.97 Å². The summed E-state index contributed by atoms with van der Waals surface area (Å²) in [7, 11) is 0. The van der Waals surface area contributed by atoms with Gasteiger partial charge in [-0.05, 0) is 48.2 Å². The van der Waals surface area contributed by atoms with E-state index in [1.54, 1.807) is 30.3 Å². The summed E-state index contributed by atoms with van der Waals surface area (Å²) in [4.78, 5) is 38.0. The predicted octanol–water partition coefficient (Wildman–Crippen LogP) is 3.80. The molecule has 1 heterocycles. The monoisotopic (exact) mass is 380 g/mol. The molecular weight excluding hydrogens is 356 g/mol. The lowest BCUT2D eigenvalue weighted by atomic mass is 9.99. The highest BCUT2D eigenvalue weighted by molar-refractivity contribution is 6.07. The second kappa shape index (κ2) is 8.25. The molecular formula is C22H24N2O4. The van der Waals surface area contributed by atoms with Crippen molar-refractivity contribution in [2.24, 2.45) is 5.92 Å². The molecule has 28 heavy (non-hydrogen) atoms. The van der Waals surface area contributed by atoms with Gasteiger partial charge in [-0.2, -0.15) is 0 Å². The van der Waals surface area contributed by atoms with E-state index >= 15 is 0 Å². The van der Waals surface area contributed by atoms with Gasteiger partial charge in [-0.1, -0.05) is 26.0 Å². The summed E-state index contributed by atoms with van der Waals surface area (Å²) in [6, 6.07) is 12.2. The number of para-hydroxylation sites is 1. The maximum atomic E-state index is 12.7. The molecule has 0 fully saturated rings. The summed E-state index contributed by atoms with van der Waals surface area (Å²) < 4.78 is 5.11. The van der Waals surface area contributed by atoms with Crippen LogP contribution in [0.25, 0.3) is 0 Å². The van der Waals surface area contributed by atoms with Gasteiger partial charge in [0.15, 0.2) is 0 Å². The third-order valence-electron chi connectivity index (χ3n) is 4.47. The molecule has 146 valence electrons. The van der Waals surface area contributed by atoms with Gasteiger partial charge in [0.05, 0.1) is 5.56 Å². The van der Waals surface area contributed by atoms with Crippen molar-refractivity contribution in [1.82, 2.24) is 0 Å². The first-order valence-corrected chi connectivity index (χ1v) is 9.37. The molecule has 0 unspecified atom stereocenters. The standard InChI is InChI=1S/C22H24N2O4/c1-14(2)13-24-19-10-9-17(12-16(19)8-11-21(24)26)23-22(27)18-6-4-5-7-20(18)28-15(3)25/h4-7,9-10,12,14H,8,11,13H2,1-3H3,(H,23,27). The lowest BCUT2D eigenvalue weighted by Crippen LogP contribution is -2.37. The number of aryl methyl sites for hydroxylation is 1. The van der Waals surface area contributed by atoms with Crippen molar-refractivity contribution < 1.29 is 19.1 Å². The summed E-state index contributed by atoms with van der Waals surface area (Å²) in [6.45, 7) is 6.13. The lowest BCUT2D eigenvalue weighted by molar-refractivity contribution is -0.131. The summed E-state index contributed by atoms with van der Waals surface area (Å²) in [6.07, 6.45) is 1.11. The Labute approximate surface area is 164 Å². The second-order valence-electron chi connectivity index (χ2n) is 7.29. The van der Waals surface area contributed by atoms with Gasteiger partial charge in [-0.3, -0.25) is 14.4 Å². The number of rotatable bonds is 5. The third kappa shape index (κ3) is 4.39. The van der Waals surface area contributed by atoms with Crippen molar-refractivity contribution in [3.05, 3.63) is 53.6 Å². The number of anilines is 2. The van der Waals surface area contributed by atoms with Crippen molar-refractivity contribution in [2.75, 3.05) is 16.8 Å². The molecule has 0 bridgehead atoms. The maximum Gasteiger partial charge on any atom is 0.308 e. The number of nitrogens with zero attached hydrogens (tertiary/aromatic N) is 1. The summed E-state index contributed by atoms with van der Waals surface area (Å²) in [5.74, 6) is -0.119. The van der Waals surface area contributed by atoms with Crippen molar-refractivity contribution in [3.63, 3.8) is 0 Å². The smallest absolute Gasteiger partial charge is 0.308 e. The number of esters is 1. The summed E-state index contributed by atoms with van der Waals surface area (Å²) in [5, 5.41) is 2.86. The minimum absolute atomic E-state index is 0.133. The zero-order chi connectivity index (χ0) is 20.3. The Hall–Kier alpha value is -3.15. The summed E-state index contributed by atoms with van der Waals surface area (Å²) >= 11 is 0. The van der Waals surface area contributed by atoms with Gasteiger partial charge in [-0.15, -0.1) is 0 Å². The van der Waals surface area contributed by atoms with Crippen LogP contribution in [-0.2, 0) is 16.0 Å². The van der Waals surface area contributed by atoms with Gasteiger partial charge in [0, 0.05) is 31.3 Å². The van der Waals surface area contributed by atoms with Gasteiger partial charge in [0.25, 0.3) is 5.91 Å². The van der Waals surface area contributed by atoms with Crippen LogP contribution in [0.1, 0.15) is 43.1 Å². The molecule has 0 saturated carbocycles. The Morgan fingerprint density at radius 1 is 1.14 bits per heavy atom. The number of carbonyl (C=O) groups excluding carboxylic acids is 3. The molecule has 1 aliphatic rings. The van der Waals surface area contributed by atoms with Crippen LogP contribution in [0.4, 0.5) is 11.4 Å². The van der Waals surface area contributed by atoms with Gasteiger partial charge in [0.1, 0.15) is 5.75 Å². The average Bonchev–Trinajstić information content (AvgIpc) is 2.63. The molecule has 0 spiro atoms. The molecule has 0 aromatic heterocycles. The van der Waals surface area contributed by atoms with Gasteiger partial charge in [0.2, 0.25) is 5.91 Å². The van der Waals surface area contributed by atoms with Gasteiger partial charge >= 0.3 is 5.97 Å². The Morgan fingerprint density at radius 2 is 1.89 bits per heavy atom. The van der Waals surface area contributed by atoms with Crippen molar-refractivity contribution >= 4 is 29.2 Å². The minimum atomic E-state index is -0.482. The Kier molecular flexibility index (Phi) is 5.78. The lowest BCUT2D eigenvalue weighted by Gasteiger charge is -2.31. The SMILES string of the molecule is CC(=O)Oc1ccccc1C(=O)Nc1ccc2c(c1)CCC(=O)N2CC(C)C. The van der Waals surface area contributed by atoms with E-state index in [1.165, 1.54) is 6.92 Å². The van der Waals surface area contributed by atoms with Gasteiger partial charge < -0.3 is 15.0 Å². The zero-order valence-electron chi connectivity index (χ0n) is 16.3. The highest BCUT2D eigenvalue weighted by Gasteiger charge is 2.25. The first-order chi connectivity index (χ1) is 13.3. The van der Waals surface area contributed by atoms with E-state index in [0.29, 0.717) is 31.0 Å². The molecule has 0 saturated heterocycles. The Balaban J connectivity index is 1.82. The fourth-order valence-corrected chi connectivity index (χ4v) is 3.30. The number of benzene rings is 2. The third-order valence-corrected chi connectivity index (χ3v) is 4.47. The van der Waals surface area contributed by atoms with Crippen LogP contribution in [0.3, 0.4) is 0 Å². The maximum absolute atomic E-state index is 12.7. The predicted molar refractivity (Wildman–Crippen MR) is 108 cm³/mol. The van der Waals surface area contributed by atoms with E-state index in [-0.39, 0.29) is 23.1 Å². The number of carbonyl (C=O) groups is 3. The van der Waals surface area contributed by atoms with Crippen LogP contribution in [0, 0.1) is 5.92 Å². The van der Waals surface area contributed by atoms with Crippen molar-refractivity contribution in [3.8, 4) is 5.75 Å². The summed E-state index contributed by atoms with van der Waals surface area (Å²) in [5.41, 5.74) is 2.86. The topological polar surface area (TPSA) is 75.7 Å². The van der Waals surface area contributed by atoms with Gasteiger partial charge in [-0.25, -0.2) is 0 Å². The molecule has 1 aliphatic heterocycles. The van der Waals surface area contributed by atoms with E-state index in [4.69, 9.17) is 4.74 Å². The van der Waals surface area contributed by atoms with Crippen LogP contribution in [0.15, 0.2) is 42.5 Å². The molecule has 6 heteroatoms. The first kappa shape index (κ1) is 19.6. The molecule has 3 rings (SSSR count). The normalized spacial score (nSPS) is 13.3. The van der Waals surface area contributed by atoms with E-state index in [1.807, 2.05) is 17.0 Å². The largest absolute Gasteiger partial charge is 0.426 e. The highest BCUT2D eigenvalue weighted by atomic mass is 16.5. The minimum Gasteiger partial charge on any atom is -0.426 e. The number of hydrogen-bond donors (Lipinski definition) is 1.